The number of nitrogens with one attached hydrogen (secondary N) is 1. The van der Waals surface area contributed by atoms with Crippen LogP contribution in [0.4, 0.5) is 5.13 Å². The zero-order chi connectivity index (χ0) is 18.7. The molecule has 1 aliphatic heterocycles. The van der Waals surface area contributed by atoms with Crippen LogP contribution in [-0.4, -0.2) is 40.0 Å². The van der Waals surface area contributed by atoms with Gasteiger partial charge in [-0.05, 0) is 29.7 Å². The van der Waals surface area contributed by atoms with Gasteiger partial charge in [0.25, 0.3) is 5.91 Å². The number of thiophene rings is 1. The molecule has 3 heterocycles. The molecule has 0 saturated carbocycles. The number of anilines is 1. The summed E-state index contributed by atoms with van der Waals surface area (Å²) in [6, 6.07) is 3.73. The summed E-state index contributed by atoms with van der Waals surface area (Å²) in [4.78, 5) is 27.5. The largest absolute Gasteiger partial charge is 0.338 e. The van der Waals surface area contributed by atoms with E-state index in [1.54, 1.807) is 0 Å². The zero-order valence-corrected chi connectivity index (χ0v) is 17.0. The zero-order valence-electron chi connectivity index (χ0n) is 15.3. The summed E-state index contributed by atoms with van der Waals surface area (Å²) >= 11 is 2.89. The van der Waals surface area contributed by atoms with Crippen LogP contribution in [0.2, 0.25) is 0 Å². The Morgan fingerprint density at radius 1 is 1.27 bits per heavy atom. The summed E-state index contributed by atoms with van der Waals surface area (Å²) in [5.41, 5.74) is 0.142. The van der Waals surface area contributed by atoms with Crippen LogP contribution in [0.1, 0.15) is 48.3 Å². The van der Waals surface area contributed by atoms with Crippen LogP contribution in [0.5, 0.6) is 0 Å². The summed E-state index contributed by atoms with van der Waals surface area (Å²) < 4.78 is 0. The molecule has 1 saturated heterocycles. The van der Waals surface area contributed by atoms with Gasteiger partial charge in [-0.2, -0.15) is 0 Å². The smallest absolute Gasteiger partial charge is 0.263 e. The van der Waals surface area contributed by atoms with Crippen LogP contribution in [0, 0.1) is 11.3 Å². The minimum Gasteiger partial charge on any atom is -0.338 e. The molecule has 0 spiro atoms. The summed E-state index contributed by atoms with van der Waals surface area (Å²) in [6.45, 7) is 7.67. The van der Waals surface area contributed by atoms with Gasteiger partial charge in [0.2, 0.25) is 11.0 Å². The summed E-state index contributed by atoms with van der Waals surface area (Å²) in [5, 5.41) is 14.5. The normalized spacial score (nSPS) is 15.9. The molecule has 2 amide bonds. The molecular weight excluding hydrogens is 368 g/mol. The number of rotatable bonds is 4. The Kier molecular flexibility index (Phi) is 5.72. The van der Waals surface area contributed by atoms with E-state index in [9.17, 15) is 9.59 Å². The van der Waals surface area contributed by atoms with Crippen molar-refractivity contribution in [1.82, 2.24) is 15.1 Å². The van der Waals surface area contributed by atoms with Gasteiger partial charge in [0.05, 0.1) is 4.88 Å². The van der Waals surface area contributed by atoms with E-state index in [4.69, 9.17) is 0 Å². The predicted octanol–water partition coefficient (Wildman–Crippen LogP) is 3.68. The van der Waals surface area contributed by atoms with Crippen LogP contribution >= 0.6 is 22.7 Å². The summed E-state index contributed by atoms with van der Waals surface area (Å²) in [6.07, 6.45) is 2.19. The van der Waals surface area contributed by atoms with Crippen LogP contribution in [0.15, 0.2) is 17.5 Å². The molecule has 1 fully saturated rings. The van der Waals surface area contributed by atoms with Gasteiger partial charge in [-0.15, -0.1) is 21.5 Å². The lowest BCUT2D eigenvalue weighted by atomic mass is 9.93. The van der Waals surface area contributed by atoms with Crippen molar-refractivity contribution < 1.29 is 9.59 Å². The minimum absolute atomic E-state index is 0.0216. The highest BCUT2D eigenvalue weighted by Gasteiger charge is 2.28. The maximum Gasteiger partial charge on any atom is 0.263 e. The molecule has 26 heavy (non-hydrogen) atoms. The SMILES string of the molecule is CC(C)(C)Cc1nnc(NC(=O)C2CCN(C(=O)c3cccs3)CC2)s1. The van der Waals surface area contributed by atoms with Gasteiger partial charge in [0.1, 0.15) is 5.01 Å². The summed E-state index contributed by atoms with van der Waals surface area (Å²) in [7, 11) is 0. The number of aromatic nitrogens is 2. The van der Waals surface area contributed by atoms with E-state index in [0.29, 0.717) is 31.1 Å². The number of piperidine rings is 1. The highest BCUT2D eigenvalue weighted by atomic mass is 32.1. The van der Waals surface area contributed by atoms with E-state index in [1.807, 2.05) is 22.4 Å². The second kappa shape index (κ2) is 7.84. The third kappa shape index (κ3) is 4.88. The van der Waals surface area contributed by atoms with Crippen molar-refractivity contribution >= 4 is 39.6 Å². The Balaban J connectivity index is 1.50. The molecule has 2 aromatic heterocycles. The predicted molar refractivity (Wildman–Crippen MR) is 105 cm³/mol. The van der Waals surface area contributed by atoms with Crippen LogP contribution in [0.3, 0.4) is 0 Å². The topological polar surface area (TPSA) is 75.2 Å². The molecule has 0 aliphatic carbocycles. The molecule has 1 aliphatic rings. The molecule has 0 aromatic carbocycles. The Labute approximate surface area is 161 Å². The molecular formula is C18H24N4O2S2. The molecule has 3 rings (SSSR count). The third-order valence-corrected chi connectivity index (χ3v) is 5.96. The Bertz CT molecular complexity index is 757. The first-order valence-corrected chi connectivity index (χ1v) is 10.5. The second-order valence-corrected chi connectivity index (χ2v) is 9.78. The Hall–Kier alpha value is -1.80. The number of hydrogen-bond donors (Lipinski definition) is 1. The monoisotopic (exact) mass is 392 g/mol. The number of nitrogens with zero attached hydrogens (tertiary/aromatic N) is 3. The highest BCUT2D eigenvalue weighted by molar-refractivity contribution is 7.15. The Morgan fingerprint density at radius 2 is 2.00 bits per heavy atom. The standard InChI is InChI=1S/C18H24N4O2S2/c1-18(2,3)11-14-20-21-17(26-14)19-15(23)12-6-8-22(9-7-12)16(24)13-5-4-10-25-13/h4-5,10,12H,6-9,11H2,1-3H3,(H,19,21,23). The lowest BCUT2D eigenvalue weighted by molar-refractivity contribution is -0.121. The van der Waals surface area contributed by atoms with Crippen molar-refractivity contribution in [2.75, 3.05) is 18.4 Å². The molecule has 8 heteroatoms. The minimum atomic E-state index is -0.0858. The molecule has 0 bridgehead atoms. The average molecular weight is 393 g/mol. The fraction of sp³-hybridized carbons (Fsp3) is 0.556. The fourth-order valence-electron chi connectivity index (χ4n) is 2.94. The average Bonchev–Trinajstić information content (AvgIpc) is 3.25. The van der Waals surface area contributed by atoms with E-state index in [1.165, 1.54) is 22.7 Å². The van der Waals surface area contributed by atoms with Gasteiger partial charge in [-0.1, -0.05) is 38.2 Å². The van der Waals surface area contributed by atoms with Gasteiger partial charge in [-0.3, -0.25) is 9.59 Å². The molecule has 0 unspecified atom stereocenters. The quantitative estimate of drug-likeness (QED) is 0.861. The first kappa shape index (κ1) is 19.0. The van der Waals surface area contributed by atoms with Gasteiger partial charge in [0.15, 0.2) is 0 Å². The fourth-order valence-corrected chi connectivity index (χ4v) is 4.67. The number of likely N-dealkylation sites (tertiary alicyclic amines) is 1. The maximum absolute atomic E-state index is 12.5. The number of carbonyl (C=O) groups is 2. The van der Waals surface area contributed by atoms with Crippen LogP contribution in [-0.2, 0) is 11.2 Å². The van der Waals surface area contributed by atoms with Gasteiger partial charge >= 0.3 is 0 Å². The van der Waals surface area contributed by atoms with E-state index in [-0.39, 0.29) is 23.1 Å². The van der Waals surface area contributed by atoms with Crippen molar-refractivity contribution in [3.05, 3.63) is 27.4 Å². The number of amides is 2. The third-order valence-electron chi connectivity index (χ3n) is 4.26. The molecule has 6 nitrogen and oxygen atoms in total. The van der Waals surface area contributed by atoms with Crippen molar-refractivity contribution in [2.24, 2.45) is 11.3 Å². The molecule has 0 atom stereocenters. The van der Waals surface area contributed by atoms with E-state index in [0.717, 1.165) is 16.3 Å². The first-order valence-electron chi connectivity index (χ1n) is 8.78. The van der Waals surface area contributed by atoms with Gasteiger partial charge in [-0.25, -0.2) is 0 Å². The molecule has 1 N–H and O–H groups in total. The number of carbonyl (C=O) groups excluding carboxylic acids is 2. The van der Waals surface area contributed by atoms with Crippen molar-refractivity contribution in [3.63, 3.8) is 0 Å². The molecule has 0 radical (unpaired) electrons. The summed E-state index contributed by atoms with van der Waals surface area (Å²) in [5.74, 6) is -0.0427. The van der Waals surface area contributed by atoms with E-state index >= 15 is 0 Å². The first-order chi connectivity index (χ1) is 12.3. The van der Waals surface area contributed by atoms with E-state index < -0.39 is 0 Å². The van der Waals surface area contributed by atoms with Crippen molar-refractivity contribution in [3.8, 4) is 0 Å². The Morgan fingerprint density at radius 3 is 2.62 bits per heavy atom. The number of hydrogen-bond acceptors (Lipinski definition) is 6. The van der Waals surface area contributed by atoms with Crippen LogP contribution in [0.25, 0.3) is 0 Å². The van der Waals surface area contributed by atoms with Crippen molar-refractivity contribution in [1.29, 1.82) is 0 Å². The maximum atomic E-state index is 12.5. The highest BCUT2D eigenvalue weighted by Crippen LogP contribution is 2.26. The van der Waals surface area contributed by atoms with Gasteiger partial charge in [0, 0.05) is 25.4 Å². The lowest BCUT2D eigenvalue weighted by Crippen LogP contribution is -2.41. The lowest BCUT2D eigenvalue weighted by Gasteiger charge is -2.30. The second-order valence-electron chi connectivity index (χ2n) is 7.77. The van der Waals surface area contributed by atoms with E-state index in [2.05, 4.69) is 36.3 Å². The van der Waals surface area contributed by atoms with Gasteiger partial charge < -0.3 is 10.2 Å². The van der Waals surface area contributed by atoms with Crippen LogP contribution < -0.4 is 5.32 Å². The molecule has 2 aromatic rings. The van der Waals surface area contributed by atoms with Crippen molar-refractivity contribution in [2.45, 2.75) is 40.0 Å². The molecule has 140 valence electrons.